The van der Waals surface area contributed by atoms with Crippen molar-refractivity contribution in [2.24, 2.45) is 7.05 Å². The highest BCUT2D eigenvalue weighted by molar-refractivity contribution is 5.95. The van der Waals surface area contributed by atoms with Crippen molar-refractivity contribution in [1.29, 1.82) is 0 Å². The maximum atomic E-state index is 11.9. The van der Waals surface area contributed by atoms with Crippen LogP contribution in [0.3, 0.4) is 0 Å². The van der Waals surface area contributed by atoms with E-state index < -0.39 is 17.9 Å². The van der Waals surface area contributed by atoms with Crippen LogP contribution in [0.25, 0.3) is 0 Å². The van der Waals surface area contributed by atoms with Gasteiger partial charge >= 0.3 is 5.97 Å². The molecule has 0 fully saturated rings. The molecule has 0 aliphatic rings. The lowest BCUT2D eigenvalue weighted by Crippen LogP contribution is -2.42. The minimum Gasteiger partial charge on any atom is -0.480 e. The van der Waals surface area contributed by atoms with Crippen LogP contribution in [0.4, 0.5) is 0 Å². The second kappa shape index (κ2) is 6.51. The summed E-state index contributed by atoms with van der Waals surface area (Å²) in [5, 5.41) is 15.5. The Labute approximate surface area is 117 Å². The molecule has 1 rings (SSSR count). The van der Waals surface area contributed by atoms with E-state index in [0.717, 1.165) is 0 Å². The van der Waals surface area contributed by atoms with Gasteiger partial charge in [-0.05, 0) is 26.8 Å². The third-order valence-electron chi connectivity index (χ3n) is 2.60. The number of nitrogens with zero attached hydrogens (tertiary/aromatic N) is 2. The van der Waals surface area contributed by atoms with Gasteiger partial charge in [0.1, 0.15) is 11.7 Å². The van der Waals surface area contributed by atoms with E-state index in [-0.39, 0.29) is 18.6 Å². The first-order valence-corrected chi connectivity index (χ1v) is 6.36. The van der Waals surface area contributed by atoms with Crippen LogP contribution in [0, 0.1) is 0 Å². The molecule has 0 aliphatic carbocycles. The third-order valence-corrected chi connectivity index (χ3v) is 2.60. The number of carbonyl (C=O) groups is 2. The summed E-state index contributed by atoms with van der Waals surface area (Å²) in [5.74, 6) is -1.55. The van der Waals surface area contributed by atoms with Crippen LogP contribution in [-0.4, -0.2) is 45.0 Å². The summed E-state index contributed by atoms with van der Waals surface area (Å²) in [5.41, 5.74) is -0.0252. The average molecular weight is 283 g/mol. The summed E-state index contributed by atoms with van der Waals surface area (Å²) in [6.45, 7) is 5.91. The highest BCUT2D eigenvalue weighted by atomic mass is 16.5. The van der Waals surface area contributed by atoms with E-state index in [2.05, 4.69) is 10.4 Å². The Morgan fingerprint density at radius 1 is 1.50 bits per heavy atom. The summed E-state index contributed by atoms with van der Waals surface area (Å²) in [6, 6.07) is 0.541. The Hall–Kier alpha value is -1.89. The molecule has 7 heteroatoms. The zero-order valence-electron chi connectivity index (χ0n) is 12.2. The fourth-order valence-electron chi connectivity index (χ4n) is 1.57. The van der Waals surface area contributed by atoms with Crippen molar-refractivity contribution >= 4 is 11.9 Å². The van der Waals surface area contributed by atoms with Gasteiger partial charge in [-0.2, -0.15) is 5.10 Å². The smallest absolute Gasteiger partial charge is 0.326 e. The van der Waals surface area contributed by atoms with Gasteiger partial charge in [-0.15, -0.1) is 0 Å². The Morgan fingerprint density at radius 2 is 2.15 bits per heavy atom. The quantitative estimate of drug-likeness (QED) is 0.805. The lowest BCUT2D eigenvalue weighted by atomic mass is 10.1. The molecule has 0 radical (unpaired) electrons. The molecule has 0 spiro atoms. The number of hydrogen-bond donors (Lipinski definition) is 2. The molecule has 20 heavy (non-hydrogen) atoms. The highest BCUT2D eigenvalue weighted by Crippen LogP contribution is 2.08. The summed E-state index contributed by atoms with van der Waals surface area (Å²) in [7, 11) is 1.62. The van der Waals surface area contributed by atoms with Crippen LogP contribution >= 0.6 is 0 Å². The largest absolute Gasteiger partial charge is 0.480 e. The molecule has 0 saturated heterocycles. The van der Waals surface area contributed by atoms with Crippen molar-refractivity contribution in [2.75, 3.05) is 6.61 Å². The number of amides is 1. The van der Waals surface area contributed by atoms with Crippen LogP contribution in [0.5, 0.6) is 0 Å². The molecule has 1 atom stereocenters. The maximum absolute atomic E-state index is 11.9. The number of carboxylic acids is 1. The Bertz CT molecular complexity index is 476. The van der Waals surface area contributed by atoms with Crippen LogP contribution in [0.15, 0.2) is 12.3 Å². The van der Waals surface area contributed by atoms with Crippen molar-refractivity contribution < 1.29 is 19.4 Å². The lowest BCUT2D eigenvalue weighted by Gasteiger charge is -2.21. The number of rotatable bonds is 6. The molecule has 1 aromatic rings. The molecule has 0 bridgehead atoms. The molecule has 7 nitrogen and oxygen atoms in total. The number of carbonyl (C=O) groups excluding carboxylic acids is 1. The summed E-state index contributed by atoms with van der Waals surface area (Å²) in [4.78, 5) is 23.1. The van der Waals surface area contributed by atoms with E-state index >= 15 is 0 Å². The summed E-state index contributed by atoms with van der Waals surface area (Å²) in [6.07, 6.45) is 1.68. The van der Waals surface area contributed by atoms with Gasteiger partial charge in [0.05, 0.1) is 5.60 Å². The third kappa shape index (κ3) is 5.00. The predicted octanol–water partition coefficient (Wildman–Crippen LogP) is 0.808. The normalized spacial score (nSPS) is 13.0. The average Bonchev–Trinajstić information content (AvgIpc) is 2.72. The molecule has 1 unspecified atom stereocenters. The van der Waals surface area contributed by atoms with Gasteiger partial charge in [-0.1, -0.05) is 0 Å². The minimum absolute atomic E-state index is 0.205. The lowest BCUT2D eigenvalue weighted by molar-refractivity contribution is -0.140. The van der Waals surface area contributed by atoms with E-state index in [1.54, 1.807) is 7.05 Å². The highest BCUT2D eigenvalue weighted by Gasteiger charge is 2.22. The molecule has 2 N–H and O–H groups in total. The Balaban J connectivity index is 2.58. The van der Waals surface area contributed by atoms with Gasteiger partial charge in [0.25, 0.3) is 5.91 Å². The molecular weight excluding hydrogens is 262 g/mol. The fourth-order valence-corrected chi connectivity index (χ4v) is 1.57. The molecule has 1 amide bonds. The zero-order chi connectivity index (χ0) is 15.3. The van der Waals surface area contributed by atoms with Crippen molar-refractivity contribution in [3.63, 3.8) is 0 Å². The Kier molecular flexibility index (Phi) is 5.26. The maximum Gasteiger partial charge on any atom is 0.326 e. The van der Waals surface area contributed by atoms with Crippen LogP contribution in [0.2, 0.25) is 0 Å². The number of aryl methyl sites for hydroxylation is 1. The van der Waals surface area contributed by atoms with Crippen LogP contribution < -0.4 is 5.32 Å². The first kappa shape index (κ1) is 16.2. The molecule has 112 valence electrons. The molecule has 0 aromatic carbocycles. The van der Waals surface area contributed by atoms with Gasteiger partial charge in [0.15, 0.2) is 0 Å². The van der Waals surface area contributed by atoms with Gasteiger partial charge in [-0.3, -0.25) is 9.48 Å². The second-order valence-electron chi connectivity index (χ2n) is 5.45. The molecule has 0 saturated carbocycles. The van der Waals surface area contributed by atoms with Crippen LogP contribution in [0.1, 0.15) is 37.7 Å². The van der Waals surface area contributed by atoms with Gasteiger partial charge < -0.3 is 15.2 Å². The van der Waals surface area contributed by atoms with Gasteiger partial charge in [0, 0.05) is 26.3 Å². The number of ether oxygens (including phenoxy) is 1. The van der Waals surface area contributed by atoms with Crippen molar-refractivity contribution in [3.05, 3.63) is 18.0 Å². The molecular formula is C13H21N3O4. The van der Waals surface area contributed by atoms with Crippen molar-refractivity contribution in [1.82, 2.24) is 15.1 Å². The number of carboxylic acid groups (broad SMARTS) is 1. The van der Waals surface area contributed by atoms with E-state index in [1.807, 2.05) is 20.8 Å². The van der Waals surface area contributed by atoms with Crippen molar-refractivity contribution in [3.8, 4) is 0 Å². The topological polar surface area (TPSA) is 93.5 Å². The van der Waals surface area contributed by atoms with Gasteiger partial charge in [-0.25, -0.2) is 4.79 Å². The monoisotopic (exact) mass is 283 g/mol. The second-order valence-corrected chi connectivity index (χ2v) is 5.45. The summed E-state index contributed by atoms with van der Waals surface area (Å²) >= 11 is 0. The fraction of sp³-hybridized carbons (Fsp3) is 0.615. The first-order valence-electron chi connectivity index (χ1n) is 6.36. The number of aromatic nitrogens is 2. The van der Waals surface area contributed by atoms with Crippen molar-refractivity contribution in [2.45, 2.75) is 38.8 Å². The standard InChI is InChI=1S/C13H21N3O4/c1-13(2,3)20-8-6-9(12(18)19)15-11(17)10-5-7-14-16(10)4/h5,7,9H,6,8H2,1-4H3,(H,15,17)(H,18,19). The molecule has 1 heterocycles. The Morgan fingerprint density at radius 3 is 2.60 bits per heavy atom. The van der Waals surface area contributed by atoms with E-state index in [1.165, 1.54) is 16.9 Å². The number of aliphatic carboxylic acids is 1. The molecule has 0 aliphatic heterocycles. The van der Waals surface area contributed by atoms with E-state index in [9.17, 15) is 9.59 Å². The molecule has 1 aromatic heterocycles. The summed E-state index contributed by atoms with van der Waals surface area (Å²) < 4.78 is 6.86. The van der Waals surface area contributed by atoms with E-state index in [0.29, 0.717) is 5.69 Å². The SMILES string of the molecule is Cn1nccc1C(=O)NC(CCOC(C)(C)C)C(=O)O. The minimum atomic E-state index is -1.09. The van der Waals surface area contributed by atoms with Gasteiger partial charge in [0.2, 0.25) is 0 Å². The number of hydrogen-bond acceptors (Lipinski definition) is 4. The number of nitrogens with one attached hydrogen (secondary N) is 1. The predicted molar refractivity (Wildman–Crippen MR) is 72.4 cm³/mol. The zero-order valence-corrected chi connectivity index (χ0v) is 12.2. The first-order chi connectivity index (χ1) is 9.20. The van der Waals surface area contributed by atoms with Crippen LogP contribution in [-0.2, 0) is 16.6 Å². The van der Waals surface area contributed by atoms with E-state index in [4.69, 9.17) is 9.84 Å².